The summed E-state index contributed by atoms with van der Waals surface area (Å²) < 4.78 is 8.50. The fourth-order valence-electron chi connectivity index (χ4n) is 8.60. The van der Waals surface area contributed by atoms with Crippen LogP contribution in [0.1, 0.15) is 25.3 Å². The molecule has 0 spiro atoms. The molecule has 0 radical (unpaired) electrons. The third-order valence-corrected chi connectivity index (χ3v) is 11.7. The molecule has 5 nitrogen and oxygen atoms in total. The van der Waals surface area contributed by atoms with Gasteiger partial charge in [0.25, 0.3) is 0 Å². The molecule has 0 bridgehead atoms. The lowest BCUT2D eigenvalue weighted by molar-refractivity contribution is 0.669. The van der Waals surface area contributed by atoms with Crippen molar-refractivity contribution in [1.82, 2.24) is 19.5 Å². The molecule has 3 aromatic heterocycles. The van der Waals surface area contributed by atoms with Crippen LogP contribution in [0.5, 0.6) is 0 Å². The number of rotatable bonds is 9. The Labute approximate surface area is 348 Å². The number of para-hydroxylation sites is 2. The minimum atomic E-state index is 0.645. The van der Waals surface area contributed by atoms with E-state index in [0.717, 1.165) is 72.9 Å². The van der Waals surface area contributed by atoms with Gasteiger partial charge < -0.3 is 8.98 Å². The van der Waals surface area contributed by atoms with Crippen LogP contribution in [0.3, 0.4) is 0 Å². The summed E-state index contributed by atoms with van der Waals surface area (Å²) in [7, 11) is 0. The second-order valence-corrected chi connectivity index (χ2v) is 15.5. The lowest BCUT2D eigenvalue weighted by Crippen LogP contribution is -2.01. The first-order chi connectivity index (χ1) is 29.7. The van der Waals surface area contributed by atoms with Crippen LogP contribution in [0.25, 0.3) is 106 Å². The maximum absolute atomic E-state index is 6.13. The smallest absolute Gasteiger partial charge is 0.164 e. The summed E-state index contributed by atoms with van der Waals surface area (Å²) in [4.78, 5) is 15.2. The Hall–Kier alpha value is -7.63. The van der Waals surface area contributed by atoms with Crippen molar-refractivity contribution in [2.24, 2.45) is 0 Å². The Bertz CT molecular complexity index is 3340. The molecule has 11 rings (SSSR count). The lowest BCUT2D eigenvalue weighted by atomic mass is 9.98. The van der Waals surface area contributed by atoms with Gasteiger partial charge in [0.05, 0.1) is 11.0 Å². The van der Waals surface area contributed by atoms with Gasteiger partial charge in [0.1, 0.15) is 11.2 Å². The van der Waals surface area contributed by atoms with Crippen LogP contribution >= 0.6 is 0 Å². The van der Waals surface area contributed by atoms with Crippen LogP contribution in [0.2, 0.25) is 0 Å². The second-order valence-electron chi connectivity index (χ2n) is 15.5. The maximum atomic E-state index is 6.13. The van der Waals surface area contributed by atoms with Gasteiger partial charge >= 0.3 is 0 Å². The van der Waals surface area contributed by atoms with Crippen LogP contribution in [0, 0.1) is 0 Å². The summed E-state index contributed by atoms with van der Waals surface area (Å²) >= 11 is 0. The van der Waals surface area contributed by atoms with Crippen molar-refractivity contribution in [3.05, 3.63) is 194 Å². The van der Waals surface area contributed by atoms with E-state index in [1.165, 1.54) is 40.3 Å². The zero-order chi connectivity index (χ0) is 40.0. The van der Waals surface area contributed by atoms with E-state index in [9.17, 15) is 0 Å². The van der Waals surface area contributed by atoms with Gasteiger partial charge in [0.15, 0.2) is 17.5 Å². The van der Waals surface area contributed by atoms with Crippen LogP contribution in [0.4, 0.5) is 0 Å². The predicted molar refractivity (Wildman–Crippen MR) is 247 cm³/mol. The molecular weight excluding hydrogens is 733 g/mol. The Morgan fingerprint density at radius 3 is 1.77 bits per heavy atom. The molecule has 286 valence electrons. The first kappa shape index (κ1) is 35.5. The van der Waals surface area contributed by atoms with Gasteiger partial charge in [0.2, 0.25) is 0 Å². The van der Waals surface area contributed by atoms with Crippen molar-refractivity contribution in [1.29, 1.82) is 0 Å². The van der Waals surface area contributed by atoms with Gasteiger partial charge in [0, 0.05) is 43.9 Å². The van der Waals surface area contributed by atoms with Crippen molar-refractivity contribution in [3.63, 3.8) is 0 Å². The van der Waals surface area contributed by atoms with Gasteiger partial charge in [-0.3, -0.25) is 0 Å². The summed E-state index contributed by atoms with van der Waals surface area (Å²) in [6.45, 7) is 2.23. The van der Waals surface area contributed by atoms with Gasteiger partial charge in [-0.05, 0) is 89.2 Å². The Morgan fingerprint density at radius 2 is 0.983 bits per heavy atom. The number of unbranched alkanes of at least 4 members (excludes halogenated alkanes) is 1. The third-order valence-electron chi connectivity index (χ3n) is 11.7. The third kappa shape index (κ3) is 6.32. The van der Waals surface area contributed by atoms with Crippen molar-refractivity contribution < 1.29 is 4.42 Å². The highest BCUT2D eigenvalue weighted by Gasteiger charge is 2.18. The predicted octanol–water partition coefficient (Wildman–Crippen LogP) is 14.5. The summed E-state index contributed by atoms with van der Waals surface area (Å²) in [5.41, 5.74) is 13.9. The van der Waals surface area contributed by atoms with Crippen LogP contribution in [0.15, 0.2) is 192 Å². The number of aryl methyl sites for hydroxylation is 1. The fraction of sp³-hybridized carbons (Fsp3) is 0.0727. The maximum Gasteiger partial charge on any atom is 0.164 e. The number of hydrogen-bond donors (Lipinski definition) is 0. The lowest BCUT2D eigenvalue weighted by Gasteiger charge is -2.13. The molecule has 3 heterocycles. The Kier molecular flexibility index (Phi) is 8.85. The quantitative estimate of drug-likeness (QED) is 0.147. The molecule has 60 heavy (non-hydrogen) atoms. The molecule has 0 aliphatic carbocycles. The van der Waals surface area contributed by atoms with Gasteiger partial charge in [-0.2, -0.15) is 0 Å². The van der Waals surface area contributed by atoms with Gasteiger partial charge in [-0.1, -0.05) is 153 Å². The molecule has 0 unspecified atom stereocenters. The summed E-state index contributed by atoms with van der Waals surface area (Å²) in [5.74, 6) is 1.96. The fourth-order valence-corrected chi connectivity index (χ4v) is 8.60. The van der Waals surface area contributed by atoms with E-state index >= 15 is 0 Å². The van der Waals surface area contributed by atoms with Crippen molar-refractivity contribution in [2.75, 3.05) is 0 Å². The molecule has 0 saturated heterocycles. The molecule has 0 aliphatic heterocycles. The standard InChI is InChI=1S/C55H40N4O/c1-2-3-13-36-22-24-39(25-23-36)54-56-53(38-14-5-4-6-15-38)57-55(58-54)46-19-8-7-16-43(46)37-26-30-42(31-27-37)59-49-20-11-9-17-44(49)47-34-40(28-32-50(47)59)41-29-33-52-48(35-41)45-18-10-12-21-51(45)60-52/h4-12,14-35H,2-3,13H2,1H3. The van der Waals surface area contributed by atoms with Crippen LogP contribution in [-0.4, -0.2) is 19.5 Å². The number of hydrogen-bond acceptors (Lipinski definition) is 4. The molecular formula is C55H40N4O. The highest BCUT2D eigenvalue weighted by Crippen LogP contribution is 2.38. The zero-order valence-electron chi connectivity index (χ0n) is 33.2. The number of fused-ring (bicyclic) bond motifs is 6. The molecule has 0 fully saturated rings. The number of furan rings is 1. The summed E-state index contributed by atoms with van der Waals surface area (Å²) in [5, 5.41) is 4.70. The minimum absolute atomic E-state index is 0.645. The van der Waals surface area contributed by atoms with E-state index in [2.05, 4.69) is 169 Å². The molecule has 5 heteroatoms. The number of nitrogens with zero attached hydrogens (tertiary/aromatic N) is 4. The van der Waals surface area contributed by atoms with E-state index in [4.69, 9.17) is 19.4 Å². The van der Waals surface area contributed by atoms with E-state index in [1.807, 2.05) is 30.3 Å². The van der Waals surface area contributed by atoms with Crippen LogP contribution in [-0.2, 0) is 6.42 Å². The number of benzene rings is 8. The molecule has 0 aliphatic rings. The molecule has 0 N–H and O–H groups in total. The highest BCUT2D eigenvalue weighted by atomic mass is 16.3. The van der Waals surface area contributed by atoms with Gasteiger partial charge in [-0.25, -0.2) is 15.0 Å². The Balaban J connectivity index is 0.976. The van der Waals surface area contributed by atoms with Crippen molar-refractivity contribution in [2.45, 2.75) is 26.2 Å². The van der Waals surface area contributed by atoms with E-state index in [0.29, 0.717) is 17.5 Å². The summed E-state index contributed by atoms with van der Waals surface area (Å²) in [6.07, 6.45) is 3.42. The molecule has 0 atom stereocenters. The highest BCUT2D eigenvalue weighted by molar-refractivity contribution is 6.11. The monoisotopic (exact) mass is 772 g/mol. The van der Waals surface area contributed by atoms with Crippen LogP contribution < -0.4 is 0 Å². The van der Waals surface area contributed by atoms with E-state index < -0.39 is 0 Å². The topological polar surface area (TPSA) is 56.7 Å². The summed E-state index contributed by atoms with van der Waals surface area (Å²) in [6, 6.07) is 66.4. The molecule has 8 aromatic carbocycles. The zero-order valence-corrected chi connectivity index (χ0v) is 33.2. The van der Waals surface area contributed by atoms with Crippen molar-refractivity contribution in [3.8, 4) is 62.1 Å². The van der Waals surface area contributed by atoms with E-state index in [1.54, 1.807) is 0 Å². The SMILES string of the molecule is CCCCc1ccc(-c2nc(-c3ccccc3)nc(-c3ccccc3-c3ccc(-n4c5ccccc5c5cc(-c6ccc7oc8ccccc8c7c6)ccc54)cc3)n2)cc1. The number of aromatic nitrogens is 4. The molecule has 11 aromatic rings. The van der Waals surface area contributed by atoms with E-state index in [-0.39, 0.29) is 0 Å². The average molecular weight is 773 g/mol. The first-order valence-electron chi connectivity index (χ1n) is 20.7. The largest absolute Gasteiger partial charge is 0.456 e. The molecule has 0 amide bonds. The normalized spacial score (nSPS) is 11.6. The van der Waals surface area contributed by atoms with Crippen molar-refractivity contribution >= 4 is 43.7 Å². The first-order valence-corrected chi connectivity index (χ1v) is 20.7. The van der Waals surface area contributed by atoms with Gasteiger partial charge in [-0.15, -0.1) is 0 Å². The Morgan fingerprint density at radius 1 is 0.417 bits per heavy atom. The minimum Gasteiger partial charge on any atom is -0.456 e. The second kappa shape index (κ2) is 14.9. The average Bonchev–Trinajstić information content (AvgIpc) is 3.86. The molecule has 0 saturated carbocycles.